The van der Waals surface area contributed by atoms with Gasteiger partial charge >= 0.3 is 0 Å². The predicted octanol–water partition coefficient (Wildman–Crippen LogP) is 0.664. The van der Waals surface area contributed by atoms with Crippen LogP contribution >= 0.6 is 0 Å². The van der Waals surface area contributed by atoms with E-state index in [1.54, 1.807) is 0 Å². The summed E-state index contributed by atoms with van der Waals surface area (Å²) < 4.78 is 5.63. The van der Waals surface area contributed by atoms with Gasteiger partial charge in [-0.05, 0) is 13.3 Å². The van der Waals surface area contributed by atoms with Crippen LogP contribution in [0.1, 0.15) is 20.3 Å². The molecule has 0 spiro atoms. The van der Waals surface area contributed by atoms with Crippen LogP contribution in [0, 0.1) is 0 Å². The Labute approximate surface area is 75.1 Å². The van der Waals surface area contributed by atoms with E-state index in [0.29, 0.717) is 6.23 Å². The molecule has 1 unspecified atom stereocenters. The van der Waals surface area contributed by atoms with Gasteiger partial charge in [0.15, 0.2) is 0 Å². The molecular formula is C9H20N2O. The Balaban J connectivity index is 2.15. The van der Waals surface area contributed by atoms with Crippen LogP contribution < -0.4 is 5.32 Å². The molecule has 1 aliphatic rings. The second-order valence-corrected chi connectivity index (χ2v) is 3.26. The first-order valence-corrected chi connectivity index (χ1v) is 4.91. The van der Waals surface area contributed by atoms with Crippen molar-refractivity contribution in [3.8, 4) is 0 Å². The fourth-order valence-corrected chi connectivity index (χ4v) is 1.44. The predicted molar refractivity (Wildman–Crippen MR) is 50.1 cm³/mol. The molecule has 0 radical (unpaired) electrons. The lowest BCUT2D eigenvalue weighted by Gasteiger charge is -2.32. The van der Waals surface area contributed by atoms with E-state index in [9.17, 15) is 0 Å². The van der Waals surface area contributed by atoms with Crippen LogP contribution in [0.15, 0.2) is 0 Å². The third-order valence-corrected chi connectivity index (χ3v) is 2.23. The molecule has 0 bridgehead atoms. The van der Waals surface area contributed by atoms with E-state index < -0.39 is 0 Å². The van der Waals surface area contributed by atoms with Gasteiger partial charge in [0, 0.05) is 32.8 Å². The van der Waals surface area contributed by atoms with Crippen molar-refractivity contribution >= 4 is 0 Å². The van der Waals surface area contributed by atoms with Gasteiger partial charge in [-0.3, -0.25) is 4.90 Å². The molecule has 1 heterocycles. The zero-order valence-corrected chi connectivity index (χ0v) is 8.18. The lowest BCUT2D eigenvalue weighted by Crippen LogP contribution is -2.48. The lowest BCUT2D eigenvalue weighted by atomic mass is 10.3. The van der Waals surface area contributed by atoms with Gasteiger partial charge in [-0.15, -0.1) is 0 Å². The smallest absolute Gasteiger partial charge is 0.107 e. The molecule has 0 saturated carbocycles. The average molecular weight is 172 g/mol. The fourth-order valence-electron chi connectivity index (χ4n) is 1.44. The second-order valence-electron chi connectivity index (χ2n) is 3.26. The molecule has 3 nitrogen and oxygen atoms in total. The van der Waals surface area contributed by atoms with E-state index >= 15 is 0 Å². The molecule has 0 aliphatic carbocycles. The summed E-state index contributed by atoms with van der Waals surface area (Å²) in [5, 5.41) is 3.33. The summed E-state index contributed by atoms with van der Waals surface area (Å²) in [6.07, 6.45) is 1.41. The monoisotopic (exact) mass is 172 g/mol. The number of hydrogen-bond donors (Lipinski definition) is 1. The molecule has 1 aliphatic heterocycles. The lowest BCUT2D eigenvalue weighted by molar-refractivity contribution is -0.0515. The SMILES string of the molecule is CCCOC(C)N1CCNCC1. The first kappa shape index (κ1) is 9.96. The van der Waals surface area contributed by atoms with Crippen LogP contribution in [0.4, 0.5) is 0 Å². The van der Waals surface area contributed by atoms with Gasteiger partial charge in [0.1, 0.15) is 6.23 Å². The number of hydrogen-bond acceptors (Lipinski definition) is 3. The van der Waals surface area contributed by atoms with Crippen molar-refractivity contribution in [1.29, 1.82) is 0 Å². The summed E-state index contributed by atoms with van der Waals surface area (Å²) in [5.74, 6) is 0. The van der Waals surface area contributed by atoms with Crippen LogP contribution in [-0.2, 0) is 4.74 Å². The zero-order valence-electron chi connectivity index (χ0n) is 8.18. The summed E-state index contributed by atoms with van der Waals surface area (Å²) in [7, 11) is 0. The molecule has 0 amide bonds. The Bertz CT molecular complexity index is 113. The number of piperazine rings is 1. The van der Waals surface area contributed by atoms with Crippen molar-refractivity contribution in [2.75, 3.05) is 32.8 Å². The third-order valence-electron chi connectivity index (χ3n) is 2.23. The van der Waals surface area contributed by atoms with Crippen LogP contribution in [0.5, 0.6) is 0 Å². The molecule has 0 aromatic heterocycles. The molecule has 3 heteroatoms. The van der Waals surface area contributed by atoms with Gasteiger partial charge in [-0.25, -0.2) is 0 Å². The summed E-state index contributed by atoms with van der Waals surface area (Å²) in [6.45, 7) is 9.59. The summed E-state index contributed by atoms with van der Waals surface area (Å²) in [4.78, 5) is 2.38. The number of nitrogens with zero attached hydrogens (tertiary/aromatic N) is 1. The maximum absolute atomic E-state index is 5.63. The number of ether oxygens (including phenoxy) is 1. The number of rotatable bonds is 4. The standard InChI is InChI=1S/C9H20N2O/c1-3-8-12-9(2)11-6-4-10-5-7-11/h9-10H,3-8H2,1-2H3. The van der Waals surface area contributed by atoms with Crippen molar-refractivity contribution in [3.63, 3.8) is 0 Å². The van der Waals surface area contributed by atoms with Crippen molar-refractivity contribution in [3.05, 3.63) is 0 Å². The van der Waals surface area contributed by atoms with E-state index in [1.165, 1.54) is 0 Å². The Kier molecular flexibility index (Phi) is 4.58. The van der Waals surface area contributed by atoms with E-state index in [4.69, 9.17) is 4.74 Å². The Hall–Kier alpha value is -0.120. The van der Waals surface area contributed by atoms with Crippen molar-refractivity contribution in [1.82, 2.24) is 10.2 Å². The molecular weight excluding hydrogens is 152 g/mol. The Morgan fingerprint density at radius 3 is 2.67 bits per heavy atom. The average Bonchev–Trinajstić information content (AvgIpc) is 2.15. The number of nitrogens with one attached hydrogen (secondary N) is 1. The maximum atomic E-state index is 5.63. The van der Waals surface area contributed by atoms with Gasteiger partial charge in [0.2, 0.25) is 0 Å². The molecule has 0 aromatic rings. The highest BCUT2D eigenvalue weighted by Gasteiger charge is 2.15. The van der Waals surface area contributed by atoms with Crippen LogP contribution in [0.3, 0.4) is 0 Å². The van der Waals surface area contributed by atoms with Crippen LogP contribution in [0.2, 0.25) is 0 Å². The molecule has 12 heavy (non-hydrogen) atoms. The summed E-state index contributed by atoms with van der Waals surface area (Å²) in [5.41, 5.74) is 0. The minimum atomic E-state index is 0.298. The summed E-state index contributed by atoms with van der Waals surface area (Å²) in [6, 6.07) is 0. The Morgan fingerprint density at radius 2 is 2.08 bits per heavy atom. The van der Waals surface area contributed by atoms with E-state index in [0.717, 1.165) is 39.2 Å². The molecule has 1 saturated heterocycles. The minimum absolute atomic E-state index is 0.298. The molecule has 1 fully saturated rings. The van der Waals surface area contributed by atoms with Gasteiger partial charge < -0.3 is 10.1 Å². The highest BCUT2D eigenvalue weighted by molar-refractivity contribution is 4.68. The van der Waals surface area contributed by atoms with Gasteiger partial charge in [0.05, 0.1) is 0 Å². The van der Waals surface area contributed by atoms with Crippen molar-refractivity contribution < 1.29 is 4.74 Å². The first-order chi connectivity index (χ1) is 5.84. The molecule has 72 valence electrons. The van der Waals surface area contributed by atoms with Gasteiger partial charge in [0.25, 0.3) is 0 Å². The topological polar surface area (TPSA) is 24.5 Å². The van der Waals surface area contributed by atoms with Crippen LogP contribution in [0.25, 0.3) is 0 Å². The molecule has 1 N–H and O–H groups in total. The minimum Gasteiger partial charge on any atom is -0.363 e. The van der Waals surface area contributed by atoms with E-state index in [-0.39, 0.29) is 0 Å². The van der Waals surface area contributed by atoms with E-state index in [2.05, 4.69) is 24.1 Å². The molecule has 1 rings (SSSR count). The normalized spacial score (nSPS) is 22.5. The molecule has 0 aromatic carbocycles. The van der Waals surface area contributed by atoms with E-state index in [1.807, 2.05) is 0 Å². The van der Waals surface area contributed by atoms with Gasteiger partial charge in [-0.1, -0.05) is 6.92 Å². The van der Waals surface area contributed by atoms with Crippen molar-refractivity contribution in [2.24, 2.45) is 0 Å². The maximum Gasteiger partial charge on any atom is 0.107 e. The zero-order chi connectivity index (χ0) is 8.81. The van der Waals surface area contributed by atoms with Gasteiger partial charge in [-0.2, -0.15) is 0 Å². The Morgan fingerprint density at radius 1 is 1.42 bits per heavy atom. The largest absolute Gasteiger partial charge is 0.363 e. The second kappa shape index (κ2) is 5.51. The molecule has 1 atom stereocenters. The van der Waals surface area contributed by atoms with Crippen LogP contribution in [-0.4, -0.2) is 43.9 Å². The highest BCUT2D eigenvalue weighted by Crippen LogP contribution is 2.02. The quantitative estimate of drug-likeness (QED) is 0.674. The first-order valence-electron chi connectivity index (χ1n) is 4.91. The highest BCUT2D eigenvalue weighted by atomic mass is 16.5. The van der Waals surface area contributed by atoms with Crippen molar-refractivity contribution in [2.45, 2.75) is 26.5 Å². The summed E-state index contributed by atoms with van der Waals surface area (Å²) >= 11 is 0. The fraction of sp³-hybridized carbons (Fsp3) is 1.00. The third kappa shape index (κ3) is 3.09.